The summed E-state index contributed by atoms with van der Waals surface area (Å²) in [5.41, 5.74) is 0.377. The lowest BCUT2D eigenvalue weighted by molar-refractivity contribution is 0.0295. The van der Waals surface area contributed by atoms with E-state index < -0.39 is 16.4 Å². The van der Waals surface area contributed by atoms with E-state index in [1.807, 2.05) is 26.8 Å². The minimum Gasteiger partial charge on any atom is -0.444 e. The third kappa shape index (κ3) is 4.95. The Labute approximate surface area is 138 Å². The summed E-state index contributed by atoms with van der Waals surface area (Å²) in [6.07, 6.45) is 2.04. The molecule has 1 amide bonds. The highest BCUT2D eigenvalue weighted by atomic mass is 35.5. The number of carbonyl (C=O) groups excluding carboxylic acids is 1. The van der Waals surface area contributed by atoms with Crippen molar-refractivity contribution in [2.75, 3.05) is 13.1 Å². The molecule has 7 heteroatoms. The van der Waals surface area contributed by atoms with Crippen molar-refractivity contribution in [3.63, 3.8) is 0 Å². The van der Waals surface area contributed by atoms with Crippen LogP contribution in [-0.4, -0.2) is 44.1 Å². The van der Waals surface area contributed by atoms with Gasteiger partial charge in [-0.25, -0.2) is 9.78 Å². The van der Waals surface area contributed by atoms with Gasteiger partial charge in [-0.1, -0.05) is 17.7 Å². The first kappa shape index (κ1) is 17.2. The zero-order valence-electron chi connectivity index (χ0n) is 13.0. The molecular formula is C15H21ClN2O3S. The largest absolute Gasteiger partial charge is 0.444 e. The third-order valence-corrected chi connectivity index (χ3v) is 5.24. The van der Waals surface area contributed by atoms with E-state index >= 15 is 0 Å². The number of rotatable bonds is 3. The van der Waals surface area contributed by atoms with Crippen LogP contribution in [-0.2, 0) is 21.3 Å². The van der Waals surface area contributed by atoms with Crippen molar-refractivity contribution >= 4 is 28.5 Å². The van der Waals surface area contributed by atoms with Crippen LogP contribution in [0.3, 0.4) is 0 Å². The Morgan fingerprint density at radius 2 is 2.23 bits per heavy atom. The number of likely N-dealkylation sites (tertiary alicyclic amines) is 1. The Bertz CT molecular complexity index is 557. The molecule has 0 radical (unpaired) electrons. The number of halogens is 1. The maximum Gasteiger partial charge on any atom is 0.410 e. The third-order valence-electron chi connectivity index (χ3n) is 3.27. The summed E-state index contributed by atoms with van der Waals surface area (Å²) in [4.78, 5) is 17.6. The Morgan fingerprint density at radius 3 is 2.82 bits per heavy atom. The molecule has 0 unspecified atom stereocenters. The normalized spacial score (nSPS) is 20.0. The number of amides is 1. The molecule has 5 nitrogen and oxygen atoms in total. The van der Waals surface area contributed by atoms with E-state index in [-0.39, 0.29) is 11.3 Å². The molecule has 0 spiro atoms. The van der Waals surface area contributed by atoms with Crippen molar-refractivity contribution in [2.24, 2.45) is 0 Å². The molecule has 1 aliphatic rings. The van der Waals surface area contributed by atoms with Crippen molar-refractivity contribution in [1.82, 2.24) is 9.88 Å². The van der Waals surface area contributed by atoms with Crippen LogP contribution in [0, 0.1) is 0 Å². The first-order valence-electron chi connectivity index (χ1n) is 7.20. The first-order chi connectivity index (χ1) is 10.2. The van der Waals surface area contributed by atoms with Gasteiger partial charge in [-0.15, -0.1) is 0 Å². The zero-order valence-corrected chi connectivity index (χ0v) is 14.6. The topological polar surface area (TPSA) is 59.5 Å². The lowest BCUT2D eigenvalue weighted by Gasteiger charge is -2.24. The second-order valence-electron chi connectivity index (χ2n) is 6.35. The number of nitrogens with zero attached hydrogens (tertiary/aromatic N) is 2. The summed E-state index contributed by atoms with van der Waals surface area (Å²) >= 11 is 5.74. The van der Waals surface area contributed by atoms with Crippen LogP contribution < -0.4 is 0 Å². The van der Waals surface area contributed by atoms with E-state index in [0.717, 1.165) is 12.0 Å². The van der Waals surface area contributed by atoms with Gasteiger partial charge in [-0.2, -0.15) is 0 Å². The first-order valence-corrected chi connectivity index (χ1v) is 8.96. The monoisotopic (exact) mass is 344 g/mol. The van der Waals surface area contributed by atoms with Crippen LogP contribution in [0.5, 0.6) is 0 Å². The van der Waals surface area contributed by atoms with Gasteiger partial charge in [0.15, 0.2) is 0 Å². The highest BCUT2D eigenvalue weighted by molar-refractivity contribution is 7.84. The van der Waals surface area contributed by atoms with Crippen LogP contribution in [0.25, 0.3) is 0 Å². The average molecular weight is 345 g/mol. The standard InChI is InChI=1S/C15H21ClN2O3S/c1-15(2,3)21-14(19)18-7-6-12(9-18)22(20)10-11-4-5-13(16)17-8-11/h4-5,8,12H,6-7,9-10H2,1-3H3/t12-,22-/m0/s1. The van der Waals surface area contributed by atoms with E-state index in [1.165, 1.54) is 0 Å². The van der Waals surface area contributed by atoms with Crippen molar-refractivity contribution < 1.29 is 13.7 Å². The quantitative estimate of drug-likeness (QED) is 0.791. The van der Waals surface area contributed by atoms with Crippen molar-refractivity contribution in [2.45, 2.75) is 43.8 Å². The van der Waals surface area contributed by atoms with E-state index in [4.69, 9.17) is 16.3 Å². The molecule has 2 atom stereocenters. The van der Waals surface area contributed by atoms with Crippen molar-refractivity contribution in [3.8, 4) is 0 Å². The summed E-state index contributed by atoms with van der Waals surface area (Å²) in [6.45, 7) is 6.57. The number of aromatic nitrogens is 1. The fourth-order valence-electron chi connectivity index (χ4n) is 2.21. The summed E-state index contributed by atoms with van der Waals surface area (Å²) in [5, 5.41) is 0.398. The predicted octanol–water partition coefficient (Wildman–Crippen LogP) is 2.99. The molecule has 0 N–H and O–H groups in total. The average Bonchev–Trinajstić information content (AvgIpc) is 2.89. The molecule has 1 fully saturated rings. The molecule has 1 aliphatic heterocycles. The van der Waals surface area contributed by atoms with E-state index in [2.05, 4.69) is 4.98 Å². The molecule has 1 aromatic heterocycles. The van der Waals surface area contributed by atoms with Crippen molar-refractivity contribution in [1.29, 1.82) is 0 Å². The number of ether oxygens (including phenoxy) is 1. The van der Waals surface area contributed by atoms with Gasteiger partial charge in [0.25, 0.3) is 0 Å². The van der Waals surface area contributed by atoms with E-state index in [0.29, 0.717) is 24.0 Å². The zero-order chi connectivity index (χ0) is 16.3. The lowest BCUT2D eigenvalue weighted by Crippen LogP contribution is -2.36. The predicted molar refractivity (Wildman–Crippen MR) is 87.3 cm³/mol. The number of pyridine rings is 1. The molecule has 0 saturated carbocycles. The van der Waals surface area contributed by atoms with Gasteiger partial charge in [-0.3, -0.25) is 4.21 Å². The molecule has 2 heterocycles. The van der Waals surface area contributed by atoms with Gasteiger partial charge >= 0.3 is 6.09 Å². The second-order valence-corrected chi connectivity index (χ2v) is 8.46. The SMILES string of the molecule is CC(C)(C)OC(=O)N1CC[C@H]([S@@](=O)Cc2ccc(Cl)nc2)C1. The van der Waals surface area contributed by atoms with Gasteiger partial charge in [0.1, 0.15) is 10.8 Å². The molecule has 0 aliphatic carbocycles. The fourth-order valence-corrected chi connectivity index (χ4v) is 3.77. The van der Waals surface area contributed by atoms with E-state index in [1.54, 1.807) is 17.2 Å². The highest BCUT2D eigenvalue weighted by Gasteiger charge is 2.32. The molecule has 1 aromatic rings. The summed E-state index contributed by atoms with van der Waals surface area (Å²) in [5.74, 6) is 0.428. The number of carbonyl (C=O) groups is 1. The van der Waals surface area contributed by atoms with Gasteiger partial charge in [0.2, 0.25) is 0 Å². The maximum absolute atomic E-state index is 12.4. The van der Waals surface area contributed by atoms with Gasteiger partial charge in [0, 0.05) is 30.1 Å². The van der Waals surface area contributed by atoms with E-state index in [9.17, 15) is 9.00 Å². The molecular weight excluding hydrogens is 324 g/mol. The molecule has 0 aromatic carbocycles. The Hall–Kier alpha value is -1.14. The Kier molecular flexibility index (Phi) is 5.45. The molecule has 1 saturated heterocycles. The maximum atomic E-state index is 12.4. The summed E-state index contributed by atoms with van der Waals surface area (Å²) in [6, 6.07) is 3.52. The second kappa shape index (κ2) is 6.96. The molecule has 0 bridgehead atoms. The van der Waals surface area contributed by atoms with Crippen LogP contribution in [0.1, 0.15) is 32.8 Å². The van der Waals surface area contributed by atoms with Crippen LogP contribution >= 0.6 is 11.6 Å². The Morgan fingerprint density at radius 1 is 1.50 bits per heavy atom. The fraction of sp³-hybridized carbons (Fsp3) is 0.600. The van der Waals surface area contributed by atoms with Crippen LogP contribution in [0.15, 0.2) is 18.3 Å². The number of hydrogen-bond acceptors (Lipinski definition) is 4. The van der Waals surface area contributed by atoms with Gasteiger partial charge in [0.05, 0.1) is 11.0 Å². The van der Waals surface area contributed by atoms with Gasteiger partial charge in [-0.05, 0) is 38.8 Å². The molecule has 122 valence electrons. The smallest absolute Gasteiger partial charge is 0.410 e. The number of hydrogen-bond donors (Lipinski definition) is 0. The highest BCUT2D eigenvalue weighted by Crippen LogP contribution is 2.20. The Balaban J connectivity index is 1.88. The summed E-state index contributed by atoms with van der Waals surface area (Å²) in [7, 11) is -1.05. The minimum absolute atomic E-state index is 0.0248. The molecule has 2 rings (SSSR count). The van der Waals surface area contributed by atoms with Crippen LogP contribution in [0.2, 0.25) is 5.15 Å². The minimum atomic E-state index is -1.05. The van der Waals surface area contributed by atoms with Crippen molar-refractivity contribution in [3.05, 3.63) is 29.0 Å². The van der Waals surface area contributed by atoms with Gasteiger partial charge < -0.3 is 9.64 Å². The van der Waals surface area contributed by atoms with Crippen LogP contribution in [0.4, 0.5) is 4.79 Å². The molecule has 22 heavy (non-hydrogen) atoms. The lowest BCUT2D eigenvalue weighted by atomic mass is 10.2. The summed E-state index contributed by atoms with van der Waals surface area (Å²) < 4.78 is 17.8.